The minimum absolute atomic E-state index is 0.0578. The second-order valence-electron chi connectivity index (χ2n) is 4.70. The zero-order chi connectivity index (χ0) is 15.3. The topological polar surface area (TPSA) is 57.7 Å². The first-order valence-electron chi connectivity index (χ1n) is 6.15. The van der Waals surface area contributed by atoms with Gasteiger partial charge in [0.25, 0.3) is 0 Å². The van der Waals surface area contributed by atoms with Crippen molar-refractivity contribution in [2.45, 2.75) is 12.8 Å². The molecule has 0 bridgehead atoms. The third-order valence-electron chi connectivity index (χ3n) is 2.77. The molecule has 0 unspecified atom stereocenters. The van der Waals surface area contributed by atoms with Crippen LogP contribution in [0.4, 0.5) is 10.1 Å². The summed E-state index contributed by atoms with van der Waals surface area (Å²) >= 11 is 0. The third kappa shape index (κ3) is 4.80. The quantitative estimate of drug-likeness (QED) is 0.799. The summed E-state index contributed by atoms with van der Waals surface area (Å²) < 4.78 is 37.6. The summed E-state index contributed by atoms with van der Waals surface area (Å²) in [5.74, 6) is -0.484. The highest BCUT2D eigenvalue weighted by Crippen LogP contribution is 2.18. The Balaban J connectivity index is 2.77. The largest absolute Gasteiger partial charge is 0.349 e. The number of hydrogen-bond acceptors (Lipinski definition) is 3. The Morgan fingerprint density at radius 3 is 2.20 bits per heavy atom. The Morgan fingerprint density at radius 1 is 1.20 bits per heavy atom. The van der Waals surface area contributed by atoms with Crippen LogP contribution in [0.25, 0.3) is 0 Å². The lowest BCUT2D eigenvalue weighted by molar-refractivity contribution is -0.128. The van der Waals surface area contributed by atoms with Gasteiger partial charge in [-0.25, -0.2) is 12.8 Å². The van der Waals surface area contributed by atoms with Crippen LogP contribution < -0.4 is 4.31 Å². The van der Waals surface area contributed by atoms with Crippen LogP contribution in [0.3, 0.4) is 0 Å². The van der Waals surface area contributed by atoms with Crippen LogP contribution in [0, 0.1) is 5.82 Å². The van der Waals surface area contributed by atoms with Crippen LogP contribution in [-0.2, 0) is 14.8 Å². The Labute approximate surface area is 119 Å². The molecule has 0 heterocycles. The van der Waals surface area contributed by atoms with Crippen molar-refractivity contribution >= 4 is 21.6 Å². The van der Waals surface area contributed by atoms with Gasteiger partial charge in [0, 0.05) is 27.1 Å². The van der Waals surface area contributed by atoms with E-state index in [1.165, 1.54) is 33.5 Å². The highest BCUT2D eigenvalue weighted by Gasteiger charge is 2.17. The van der Waals surface area contributed by atoms with Crippen molar-refractivity contribution in [3.05, 3.63) is 30.1 Å². The molecule has 0 aliphatic heterocycles. The molecule has 112 valence electrons. The average molecular weight is 302 g/mol. The van der Waals surface area contributed by atoms with Gasteiger partial charge in [0.2, 0.25) is 15.9 Å². The molecule has 0 atom stereocenters. The maximum absolute atomic E-state index is 12.9. The normalized spacial score (nSPS) is 11.2. The fourth-order valence-electron chi connectivity index (χ4n) is 1.69. The summed E-state index contributed by atoms with van der Waals surface area (Å²) in [6, 6.07) is 5.23. The predicted octanol–water partition coefficient (Wildman–Crippen LogP) is 1.46. The number of hydrogen-bond donors (Lipinski definition) is 0. The average Bonchev–Trinajstić information content (AvgIpc) is 2.34. The SMILES string of the molecule is CN(C)C(=O)CCCN(c1ccc(F)cc1)S(C)(=O)=O. The number of nitrogens with zero attached hydrogens (tertiary/aromatic N) is 2. The van der Waals surface area contributed by atoms with E-state index in [-0.39, 0.29) is 18.9 Å². The first-order valence-corrected chi connectivity index (χ1v) is 8.00. The van der Waals surface area contributed by atoms with Crippen LogP contribution in [0.1, 0.15) is 12.8 Å². The predicted molar refractivity (Wildman–Crippen MR) is 76.5 cm³/mol. The van der Waals surface area contributed by atoms with Gasteiger partial charge in [-0.05, 0) is 30.7 Å². The Bertz CT molecular complexity index is 555. The maximum atomic E-state index is 12.9. The number of sulfonamides is 1. The van der Waals surface area contributed by atoms with Gasteiger partial charge in [-0.1, -0.05) is 0 Å². The van der Waals surface area contributed by atoms with E-state index in [9.17, 15) is 17.6 Å². The van der Waals surface area contributed by atoms with Crippen LogP contribution in [0.5, 0.6) is 0 Å². The highest BCUT2D eigenvalue weighted by atomic mass is 32.2. The Hall–Kier alpha value is -1.63. The number of anilines is 1. The molecule has 1 aromatic carbocycles. The molecule has 0 aliphatic rings. The molecule has 0 spiro atoms. The summed E-state index contributed by atoms with van der Waals surface area (Å²) in [5.41, 5.74) is 0.395. The van der Waals surface area contributed by atoms with E-state index in [0.717, 1.165) is 6.26 Å². The van der Waals surface area contributed by atoms with E-state index >= 15 is 0 Å². The summed E-state index contributed by atoms with van der Waals surface area (Å²) in [7, 11) is -0.164. The fraction of sp³-hybridized carbons (Fsp3) is 0.462. The molecule has 20 heavy (non-hydrogen) atoms. The van der Waals surface area contributed by atoms with Gasteiger partial charge < -0.3 is 4.90 Å². The summed E-state index contributed by atoms with van der Waals surface area (Å²) in [6.07, 6.45) is 1.76. The molecule has 1 rings (SSSR count). The summed E-state index contributed by atoms with van der Waals surface area (Å²) in [6.45, 7) is 0.185. The fourth-order valence-corrected chi connectivity index (χ4v) is 2.66. The molecular formula is C13H19FN2O3S. The van der Waals surface area contributed by atoms with Gasteiger partial charge in [0.1, 0.15) is 5.82 Å². The van der Waals surface area contributed by atoms with E-state index in [1.807, 2.05) is 0 Å². The van der Waals surface area contributed by atoms with Crippen molar-refractivity contribution in [1.82, 2.24) is 4.90 Å². The van der Waals surface area contributed by atoms with Crippen LogP contribution in [0.15, 0.2) is 24.3 Å². The molecule has 7 heteroatoms. The molecule has 0 N–H and O–H groups in total. The van der Waals surface area contributed by atoms with Gasteiger partial charge in [-0.2, -0.15) is 0 Å². The minimum Gasteiger partial charge on any atom is -0.349 e. The number of rotatable bonds is 6. The van der Waals surface area contributed by atoms with E-state index in [4.69, 9.17) is 0 Å². The van der Waals surface area contributed by atoms with Gasteiger partial charge in [0.15, 0.2) is 0 Å². The number of benzene rings is 1. The highest BCUT2D eigenvalue weighted by molar-refractivity contribution is 7.92. The van der Waals surface area contributed by atoms with E-state index in [2.05, 4.69) is 0 Å². The molecule has 0 saturated heterocycles. The zero-order valence-corrected chi connectivity index (χ0v) is 12.7. The van der Waals surface area contributed by atoms with Crippen LogP contribution in [0.2, 0.25) is 0 Å². The Kier molecular flexibility index (Phi) is 5.50. The van der Waals surface area contributed by atoms with Crippen molar-refractivity contribution in [3.63, 3.8) is 0 Å². The lowest BCUT2D eigenvalue weighted by Crippen LogP contribution is -2.32. The minimum atomic E-state index is -3.46. The monoisotopic (exact) mass is 302 g/mol. The van der Waals surface area contributed by atoms with Crippen molar-refractivity contribution < 1.29 is 17.6 Å². The van der Waals surface area contributed by atoms with Crippen LogP contribution >= 0.6 is 0 Å². The van der Waals surface area contributed by atoms with E-state index < -0.39 is 15.8 Å². The third-order valence-corrected chi connectivity index (χ3v) is 3.96. The molecular weight excluding hydrogens is 283 g/mol. The smallest absolute Gasteiger partial charge is 0.232 e. The molecule has 0 aromatic heterocycles. The molecule has 0 aliphatic carbocycles. The zero-order valence-electron chi connectivity index (χ0n) is 11.8. The molecule has 0 fully saturated rings. The van der Waals surface area contributed by atoms with Crippen molar-refractivity contribution in [1.29, 1.82) is 0 Å². The summed E-state index contributed by atoms with van der Waals surface area (Å²) in [4.78, 5) is 12.9. The molecule has 1 amide bonds. The van der Waals surface area contributed by atoms with Gasteiger partial charge in [-0.15, -0.1) is 0 Å². The maximum Gasteiger partial charge on any atom is 0.232 e. The lowest BCUT2D eigenvalue weighted by Gasteiger charge is -2.22. The summed E-state index contributed by atoms with van der Waals surface area (Å²) in [5, 5.41) is 0. The number of carbonyl (C=O) groups excluding carboxylic acids is 1. The number of amides is 1. The van der Waals surface area contributed by atoms with Crippen molar-refractivity contribution in [2.75, 3.05) is 31.2 Å². The first kappa shape index (κ1) is 16.4. The van der Waals surface area contributed by atoms with Gasteiger partial charge >= 0.3 is 0 Å². The van der Waals surface area contributed by atoms with E-state index in [0.29, 0.717) is 12.1 Å². The van der Waals surface area contributed by atoms with Gasteiger partial charge in [0.05, 0.1) is 11.9 Å². The number of carbonyl (C=O) groups is 1. The van der Waals surface area contributed by atoms with Crippen molar-refractivity contribution in [3.8, 4) is 0 Å². The molecule has 0 radical (unpaired) electrons. The molecule has 0 saturated carbocycles. The standard InChI is InChI=1S/C13H19FN2O3S/c1-15(2)13(17)5-4-10-16(20(3,18)19)12-8-6-11(14)7-9-12/h6-9H,4-5,10H2,1-3H3. The lowest BCUT2D eigenvalue weighted by atomic mass is 10.2. The van der Waals surface area contributed by atoms with Gasteiger partial charge in [-0.3, -0.25) is 9.10 Å². The Morgan fingerprint density at radius 2 is 1.75 bits per heavy atom. The first-order chi connectivity index (χ1) is 9.21. The van der Waals surface area contributed by atoms with Crippen LogP contribution in [-0.4, -0.2) is 46.1 Å². The molecule has 1 aromatic rings. The second-order valence-corrected chi connectivity index (χ2v) is 6.61. The number of halogens is 1. The van der Waals surface area contributed by atoms with E-state index in [1.54, 1.807) is 14.1 Å². The van der Waals surface area contributed by atoms with Crippen molar-refractivity contribution in [2.24, 2.45) is 0 Å². The second kappa shape index (κ2) is 6.69. The molecule has 5 nitrogen and oxygen atoms in total.